The van der Waals surface area contributed by atoms with Crippen LogP contribution in [0.1, 0.15) is 34.8 Å². The number of nitrogens with zero attached hydrogens (tertiary/aromatic N) is 4. The van der Waals surface area contributed by atoms with Crippen LogP contribution in [0, 0.1) is 5.82 Å². The molecule has 0 bridgehead atoms. The lowest BCUT2D eigenvalue weighted by Gasteiger charge is -2.36. The molecule has 2 aliphatic rings. The average molecular weight is 503 g/mol. The molecule has 0 atom stereocenters. The topological polar surface area (TPSA) is 70.7 Å². The van der Waals surface area contributed by atoms with Crippen LogP contribution in [-0.2, 0) is 6.54 Å². The summed E-state index contributed by atoms with van der Waals surface area (Å²) in [6.07, 6.45) is 8.29. The maximum Gasteiger partial charge on any atom is 0.199 e. The zero-order valence-electron chi connectivity index (χ0n) is 20.9. The van der Waals surface area contributed by atoms with Crippen molar-refractivity contribution in [2.75, 3.05) is 38.2 Å². The molecule has 2 aromatic heterocycles. The van der Waals surface area contributed by atoms with Gasteiger partial charge in [0.05, 0.1) is 16.8 Å². The van der Waals surface area contributed by atoms with Crippen molar-refractivity contribution in [1.29, 1.82) is 0 Å². The van der Waals surface area contributed by atoms with Gasteiger partial charge in [0.15, 0.2) is 11.7 Å². The zero-order valence-corrected chi connectivity index (χ0v) is 20.9. The summed E-state index contributed by atoms with van der Waals surface area (Å²) in [6, 6.07) is 16.0. The normalized spacial score (nSPS) is 15.9. The summed E-state index contributed by atoms with van der Waals surface area (Å²) in [5.41, 5.74) is 3.33. The van der Waals surface area contributed by atoms with Crippen molar-refractivity contribution in [2.45, 2.75) is 25.4 Å². The van der Waals surface area contributed by atoms with Crippen molar-refractivity contribution < 1.29 is 14.3 Å². The molecule has 3 heterocycles. The lowest BCUT2D eigenvalue weighted by Crippen LogP contribution is -2.46. The maximum absolute atomic E-state index is 15.2. The number of carbonyl (C=O) groups excluding carboxylic acids is 1. The van der Waals surface area contributed by atoms with E-state index in [4.69, 9.17) is 5.11 Å². The molecule has 0 radical (unpaired) electrons. The highest BCUT2D eigenvalue weighted by Crippen LogP contribution is 2.38. The first-order chi connectivity index (χ1) is 18.1. The van der Waals surface area contributed by atoms with Gasteiger partial charge in [-0.3, -0.25) is 14.5 Å². The second-order valence-corrected chi connectivity index (χ2v) is 9.51. The Morgan fingerprint density at radius 3 is 2.30 bits per heavy atom. The van der Waals surface area contributed by atoms with Gasteiger partial charge in [-0.1, -0.05) is 12.1 Å². The standard InChI is InChI=1S/C28H27FN4O2.CH4O/c29-25-15-24-26(33(23-7-8-23)18-21(19-34)28(24)35)16-27(25)32-13-11-30(12-14-32)17-20-3-5-22(6-4-20)31-9-1-2-10-31;1-2/h1-6,9-10,15-16,18-19,23H,7-8,11-14,17H2;2H,1H3. The lowest BCUT2D eigenvalue weighted by molar-refractivity contribution is 0.112. The van der Waals surface area contributed by atoms with Gasteiger partial charge in [0, 0.05) is 75.5 Å². The first kappa shape index (κ1) is 24.9. The first-order valence-electron chi connectivity index (χ1n) is 12.6. The van der Waals surface area contributed by atoms with Gasteiger partial charge >= 0.3 is 0 Å². The Morgan fingerprint density at radius 2 is 1.68 bits per heavy atom. The van der Waals surface area contributed by atoms with Crippen molar-refractivity contribution in [3.8, 4) is 5.69 Å². The van der Waals surface area contributed by atoms with E-state index < -0.39 is 11.2 Å². The summed E-state index contributed by atoms with van der Waals surface area (Å²) < 4.78 is 19.2. The molecule has 4 aromatic rings. The van der Waals surface area contributed by atoms with Crippen molar-refractivity contribution in [3.05, 3.63) is 94.3 Å². The summed E-state index contributed by atoms with van der Waals surface area (Å²) in [4.78, 5) is 28.5. The second-order valence-electron chi connectivity index (χ2n) is 9.51. The molecule has 1 aliphatic heterocycles. The van der Waals surface area contributed by atoms with E-state index in [9.17, 15) is 9.59 Å². The number of anilines is 1. The van der Waals surface area contributed by atoms with Gasteiger partial charge < -0.3 is 19.1 Å². The molecular weight excluding hydrogens is 471 g/mol. The number of hydrogen-bond acceptors (Lipinski definition) is 5. The minimum Gasteiger partial charge on any atom is -0.400 e. The first-order valence-corrected chi connectivity index (χ1v) is 12.6. The van der Waals surface area contributed by atoms with E-state index >= 15 is 4.39 Å². The van der Waals surface area contributed by atoms with Crippen LogP contribution in [0.4, 0.5) is 10.1 Å². The molecule has 192 valence electrons. The molecule has 1 aliphatic carbocycles. The number of pyridine rings is 1. The molecular formula is C29H31FN4O3. The van der Waals surface area contributed by atoms with E-state index in [-0.39, 0.29) is 17.0 Å². The van der Waals surface area contributed by atoms with Gasteiger partial charge in [0.2, 0.25) is 0 Å². The number of hydrogen-bond donors (Lipinski definition) is 1. The van der Waals surface area contributed by atoms with Crippen LogP contribution >= 0.6 is 0 Å². The number of aromatic nitrogens is 2. The summed E-state index contributed by atoms with van der Waals surface area (Å²) in [6.45, 7) is 3.94. The quantitative estimate of drug-likeness (QED) is 0.404. The van der Waals surface area contributed by atoms with E-state index in [1.54, 1.807) is 12.3 Å². The van der Waals surface area contributed by atoms with Crippen LogP contribution in [0.15, 0.2) is 71.9 Å². The van der Waals surface area contributed by atoms with Crippen molar-refractivity contribution >= 4 is 22.9 Å². The molecule has 37 heavy (non-hydrogen) atoms. The number of carbonyl (C=O) groups is 1. The third-order valence-corrected chi connectivity index (χ3v) is 7.15. The van der Waals surface area contributed by atoms with Gasteiger partial charge in [-0.05, 0) is 54.8 Å². The predicted octanol–water partition coefficient (Wildman–Crippen LogP) is 4.01. The van der Waals surface area contributed by atoms with Crippen LogP contribution in [0.2, 0.25) is 0 Å². The molecule has 6 rings (SSSR count). The number of fused-ring (bicyclic) bond motifs is 1. The number of rotatable bonds is 6. The number of aliphatic hydroxyl groups excluding tert-OH is 1. The molecule has 1 saturated heterocycles. The monoisotopic (exact) mass is 502 g/mol. The van der Waals surface area contributed by atoms with Crippen molar-refractivity contribution in [3.63, 3.8) is 0 Å². The summed E-state index contributed by atoms with van der Waals surface area (Å²) in [5.74, 6) is -0.408. The van der Waals surface area contributed by atoms with E-state index in [2.05, 4.69) is 38.6 Å². The lowest BCUT2D eigenvalue weighted by atomic mass is 10.1. The van der Waals surface area contributed by atoms with Crippen LogP contribution in [-0.4, -0.2) is 58.7 Å². The number of aldehydes is 1. The summed E-state index contributed by atoms with van der Waals surface area (Å²) in [5, 5.41) is 7.28. The fourth-order valence-corrected chi connectivity index (χ4v) is 5.05. The summed E-state index contributed by atoms with van der Waals surface area (Å²) >= 11 is 0. The highest BCUT2D eigenvalue weighted by atomic mass is 19.1. The smallest absolute Gasteiger partial charge is 0.199 e. The van der Waals surface area contributed by atoms with Crippen LogP contribution in [0.3, 0.4) is 0 Å². The Hall–Kier alpha value is -3.75. The molecule has 1 N–H and O–H groups in total. The van der Waals surface area contributed by atoms with Gasteiger partial charge in [0.25, 0.3) is 0 Å². The summed E-state index contributed by atoms with van der Waals surface area (Å²) in [7, 11) is 1.00. The molecule has 7 nitrogen and oxygen atoms in total. The largest absolute Gasteiger partial charge is 0.400 e. The van der Waals surface area contributed by atoms with Gasteiger partial charge in [-0.15, -0.1) is 0 Å². The third-order valence-electron chi connectivity index (χ3n) is 7.15. The number of benzene rings is 2. The van der Waals surface area contributed by atoms with E-state index in [0.29, 0.717) is 30.6 Å². The van der Waals surface area contributed by atoms with Gasteiger partial charge in [-0.25, -0.2) is 4.39 Å². The minimum atomic E-state index is -0.408. The fourth-order valence-electron chi connectivity index (χ4n) is 5.05. The van der Waals surface area contributed by atoms with E-state index in [0.717, 1.165) is 45.3 Å². The minimum absolute atomic E-state index is 0.0894. The number of halogens is 1. The Morgan fingerprint density at radius 1 is 1.00 bits per heavy atom. The molecule has 2 aromatic carbocycles. The Labute approximate surface area is 215 Å². The fraction of sp³-hybridized carbons (Fsp3) is 0.310. The highest BCUT2D eigenvalue weighted by molar-refractivity contribution is 5.88. The number of aliphatic hydroxyl groups is 1. The van der Waals surface area contributed by atoms with Crippen molar-refractivity contribution in [1.82, 2.24) is 14.0 Å². The van der Waals surface area contributed by atoms with E-state index in [1.807, 2.05) is 29.1 Å². The average Bonchev–Trinajstić information content (AvgIpc) is 3.63. The van der Waals surface area contributed by atoms with Gasteiger partial charge in [-0.2, -0.15) is 0 Å². The maximum atomic E-state index is 15.2. The molecule has 2 fully saturated rings. The molecule has 0 unspecified atom stereocenters. The van der Waals surface area contributed by atoms with Crippen LogP contribution in [0.5, 0.6) is 0 Å². The molecule has 8 heteroatoms. The Balaban J connectivity index is 0.00000137. The number of piperazine rings is 1. The van der Waals surface area contributed by atoms with Crippen molar-refractivity contribution in [2.24, 2.45) is 0 Å². The predicted molar refractivity (Wildman–Crippen MR) is 143 cm³/mol. The highest BCUT2D eigenvalue weighted by Gasteiger charge is 2.27. The zero-order chi connectivity index (χ0) is 25.9. The third kappa shape index (κ3) is 5.08. The molecule has 0 spiro atoms. The molecule has 0 amide bonds. The van der Waals surface area contributed by atoms with E-state index in [1.165, 1.54) is 11.6 Å². The van der Waals surface area contributed by atoms with Gasteiger partial charge in [0.1, 0.15) is 5.82 Å². The molecule has 1 saturated carbocycles. The Kier molecular flexibility index (Phi) is 7.21. The Bertz CT molecular complexity index is 1440. The van der Waals surface area contributed by atoms with Crippen LogP contribution in [0.25, 0.3) is 16.6 Å². The second kappa shape index (κ2) is 10.7. The van der Waals surface area contributed by atoms with Crippen LogP contribution < -0.4 is 10.3 Å². The SMILES string of the molecule is CO.O=Cc1cn(C2CC2)c2cc(N3CCN(Cc4ccc(-n5cccc5)cc4)CC3)c(F)cc2c1=O.